The normalized spacial score (nSPS) is 13.0. The zero-order valence-corrected chi connectivity index (χ0v) is 23.4. The number of rotatable bonds is 9. The predicted molar refractivity (Wildman–Crippen MR) is 163 cm³/mol. The van der Waals surface area contributed by atoms with Gasteiger partial charge in [-0.25, -0.2) is 0 Å². The van der Waals surface area contributed by atoms with Crippen molar-refractivity contribution in [1.29, 1.82) is 5.26 Å². The van der Waals surface area contributed by atoms with E-state index in [-0.39, 0.29) is 17.6 Å². The van der Waals surface area contributed by atoms with Crippen LogP contribution < -0.4 is 10.6 Å². The Morgan fingerprint density at radius 1 is 1.00 bits per heavy atom. The zero-order valence-electron chi connectivity index (χ0n) is 21.8. The summed E-state index contributed by atoms with van der Waals surface area (Å²) in [6.07, 6.45) is 4.05. The summed E-state index contributed by atoms with van der Waals surface area (Å²) in [5.41, 5.74) is 4.52. The first-order chi connectivity index (χ1) is 19.6. The lowest BCUT2D eigenvalue weighted by Crippen LogP contribution is -2.29. The van der Waals surface area contributed by atoms with E-state index in [9.17, 15) is 14.9 Å². The number of hydrogen-bond acceptors (Lipinski definition) is 6. The molecule has 8 heteroatoms. The van der Waals surface area contributed by atoms with Gasteiger partial charge in [0.05, 0.1) is 11.3 Å². The van der Waals surface area contributed by atoms with E-state index in [1.165, 1.54) is 34.7 Å². The van der Waals surface area contributed by atoms with Crippen molar-refractivity contribution < 1.29 is 9.59 Å². The summed E-state index contributed by atoms with van der Waals surface area (Å²) in [5, 5.41) is 16.3. The number of carbonyl (C=O) groups excluding carboxylic acids is 2. The number of thioether (sulfide) groups is 1. The Bertz CT molecular complexity index is 1560. The van der Waals surface area contributed by atoms with E-state index >= 15 is 0 Å². The number of nitrogens with zero attached hydrogens (tertiary/aromatic N) is 2. The van der Waals surface area contributed by atoms with Gasteiger partial charge < -0.3 is 10.6 Å². The molecule has 0 bridgehead atoms. The molecule has 6 nitrogen and oxygen atoms in total. The summed E-state index contributed by atoms with van der Waals surface area (Å²) in [4.78, 5) is 29.5. The molecule has 0 spiro atoms. The van der Waals surface area contributed by atoms with Crippen molar-refractivity contribution >= 4 is 51.7 Å². The van der Waals surface area contributed by atoms with Gasteiger partial charge in [-0.15, -0.1) is 23.1 Å². The minimum atomic E-state index is -0.225. The van der Waals surface area contributed by atoms with Gasteiger partial charge in [0.1, 0.15) is 11.1 Å². The lowest BCUT2D eigenvalue weighted by atomic mass is 10.0. The van der Waals surface area contributed by atoms with Crippen molar-refractivity contribution in [2.45, 2.75) is 24.4 Å². The van der Waals surface area contributed by atoms with Gasteiger partial charge in [-0.2, -0.15) is 5.26 Å². The fourth-order valence-corrected chi connectivity index (χ4v) is 6.55. The third-order valence-electron chi connectivity index (χ3n) is 6.45. The van der Waals surface area contributed by atoms with E-state index in [2.05, 4.69) is 33.7 Å². The van der Waals surface area contributed by atoms with E-state index in [1.807, 2.05) is 72.8 Å². The molecule has 1 aliphatic rings. The van der Waals surface area contributed by atoms with E-state index in [4.69, 9.17) is 0 Å². The molecule has 40 heavy (non-hydrogen) atoms. The summed E-state index contributed by atoms with van der Waals surface area (Å²) in [7, 11) is 0. The molecule has 2 N–H and O–H groups in total. The fraction of sp³-hybridized carbons (Fsp3) is 0.156. The van der Waals surface area contributed by atoms with Gasteiger partial charge >= 0.3 is 0 Å². The molecule has 2 heterocycles. The second-order valence-electron chi connectivity index (χ2n) is 9.36. The quantitative estimate of drug-likeness (QED) is 0.178. The highest BCUT2D eigenvalue weighted by molar-refractivity contribution is 8.00. The van der Waals surface area contributed by atoms with Gasteiger partial charge in [0.25, 0.3) is 0 Å². The van der Waals surface area contributed by atoms with Crippen LogP contribution in [-0.4, -0.2) is 29.0 Å². The van der Waals surface area contributed by atoms with Crippen LogP contribution in [0, 0.1) is 11.3 Å². The van der Waals surface area contributed by atoms with Gasteiger partial charge in [0.2, 0.25) is 11.8 Å². The Hall–Kier alpha value is -4.16. The number of fused-ring (bicyclic) bond motifs is 1. The molecule has 0 fully saturated rings. The van der Waals surface area contributed by atoms with Crippen LogP contribution in [0.25, 0.3) is 6.08 Å². The molecule has 3 aromatic carbocycles. The number of amides is 2. The highest BCUT2D eigenvalue weighted by atomic mass is 32.2. The molecular formula is C32H28N4O2S2. The third kappa shape index (κ3) is 7.27. The highest BCUT2D eigenvalue weighted by Crippen LogP contribution is 2.37. The Balaban J connectivity index is 1.15. The molecule has 0 unspecified atom stereocenters. The summed E-state index contributed by atoms with van der Waals surface area (Å²) in [6, 6.07) is 29.7. The molecule has 4 aromatic rings. The smallest absolute Gasteiger partial charge is 0.248 e. The number of carbonyl (C=O) groups is 2. The van der Waals surface area contributed by atoms with Gasteiger partial charge in [0.15, 0.2) is 0 Å². The first-order valence-corrected chi connectivity index (χ1v) is 14.8. The maximum atomic E-state index is 12.8. The van der Waals surface area contributed by atoms with Crippen molar-refractivity contribution in [3.05, 3.63) is 118 Å². The van der Waals surface area contributed by atoms with E-state index in [0.717, 1.165) is 47.0 Å². The van der Waals surface area contributed by atoms with Crippen molar-refractivity contribution in [2.24, 2.45) is 0 Å². The fourth-order valence-electron chi connectivity index (χ4n) is 4.53. The summed E-state index contributed by atoms with van der Waals surface area (Å²) < 4.78 is 0. The van der Waals surface area contributed by atoms with E-state index < -0.39 is 0 Å². The molecule has 200 valence electrons. The molecule has 1 aliphatic heterocycles. The van der Waals surface area contributed by atoms with Crippen LogP contribution in [0.5, 0.6) is 0 Å². The first-order valence-electron chi connectivity index (χ1n) is 12.9. The second-order valence-corrected chi connectivity index (χ2v) is 11.5. The van der Waals surface area contributed by atoms with Crippen LogP contribution in [0.4, 0.5) is 10.7 Å². The Morgan fingerprint density at radius 2 is 1.77 bits per heavy atom. The van der Waals surface area contributed by atoms with Crippen LogP contribution in [-0.2, 0) is 29.1 Å². The van der Waals surface area contributed by atoms with Gasteiger partial charge in [-0.05, 0) is 47.4 Å². The molecule has 5 rings (SSSR count). The minimum Gasteiger partial charge on any atom is -0.322 e. The number of nitriles is 1. The maximum Gasteiger partial charge on any atom is 0.248 e. The molecule has 0 aliphatic carbocycles. The summed E-state index contributed by atoms with van der Waals surface area (Å²) >= 11 is 2.89. The third-order valence-corrected chi connectivity index (χ3v) is 8.57. The van der Waals surface area contributed by atoms with Gasteiger partial charge in [-0.3, -0.25) is 14.5 Å². The zero-order chi connectivity index (χ0) is 27.7. The Labute approximate surface area is 242 Å². The van der Waals surface area contributed by atoms with E-state index in [1.54, 1.807) is 6.08 Å². The van der Waals surface area contributed by atoms with Crippen LogP contribution in [0.3, 0.4) is 0 Å². The Kier molecular flexibility index (Phi) is 9.09. The maximum absolute atomic E-state index is 12.8. The van der Waals surface area contributed by atoms with Crippen LogP contribution in [0.2, 0.25) is 0 Å². The minimum absolute atomic E-state index is 0.165. The van der Waals surface area contributed by atoms with E-state index in [0.29, 0.717) is 16.3 Å². The monoisotopic (exact) mass is 564 g/mol. The average Bonchev–Trinajstić information content (AvgIpc) is 3.32. The number of benzene rings is 3. The molecule has 0 radical (unpaired) electrons. The van der Waals surface area contributed by atoms with Crippen LogP contribution in [0.1, 0.15) is 27.1 Å². The first kappa shape index (κ1) is 27.4. The number of anilines is 2. The van der Waals surface area contributed by atoms with Crippen molar-refractivity contribution in [2.75, 3.05) is 22.9 Å². The molecule has 0 saturated carbocycles. The van der Waals surface area contributed by atoms with Crippen LogP contribution >= 0.6 is 23.1 Å². The lowest BCUT2D eigenvalue weighted by Gasteiger charge is -2.26. The van der Waals surface area contributed by atoms with Crippen molar-refractivity contribution in [3.8, 4) is 6.07 Å². The average molecular weight is 565 g/mol. The summed E-state index contributed by atoms with van der Waals surface area (Å²) in [6.45, 7) is 2.51. The standard InChI is InChI=1S/C32H28N4O2S2/c33-19-28-27-16-17-36(20-24-10-5-2-6-11-24)21-29(27)40-32(28)35-31(38)22-39-26-13-7-12-25(18-26)34-30(37)15-14-23-8-3-1-4-9-23/h1-15,18H,16-17,20-22H2,(H,34,37)(H,35,38)/b15-14+. The Morgan fingerprint density at radius 3 is 2.55 bits per heavy atom. The van der Waals surface area contributed by atoms with Crippen LogP contribution in [0.15, 0.2) is 95.9 Å². The highest BCUT2D eigenvalue weighted by Gasteiger charge is 2.25. The SMILES string of the molecule is N#Cc1c(NC(=O)CSc2cccc(NC(=O)/C=C/c3ccccc3)c2)sc2c1CCN(Cc1ccccc1)C2. The predicted octanol–water partition coefficient (Wildman–Crippen LogP) is 6.56. The number of hydrogen-bond donors (Lipinski definition) is 2. The molecule has 0 saturated heterocycles. The van der Waals surface area contributed by atoms with Gasteiger partial charge in [0, 0.05) is 41.2 Å². The molecule has 2 amide bonds. The molecule has 0 atom stereocenters. The van der Waals surface area contributed by atoms with Crippen molar-refractivity contribution in [1.82, 2.24) is 4.90 Å². The summed E-state index contributed by atoms with van der Waals surface area (Å²) in [5.74, 6) is -0.197. The topological polar surface area (TPSA) is 85.2 Å². The molecular weight excluding hydrogens is 537 g/mol. The largest absolute Gasteiger partial charge is 0.322 e. The van der Waals surface area contributed by atoms with Crippen molar-refractivity contribution in [3.63, 3.8) is 0 Å². The number of nitrogens with one attached hydrogen (secondary N) is 2. The number of thiophene rings is 1. The van der Waals surface area contributed by atoms with Gasteiger partial charge in [-0.1, -0.05) is 66.7 Å². The lowest BCUT2D eigenvalue weighted by molar-refractivity contribution is -0.114. The molecule has 1 aromatic heterocycles. The second kappa shape index (κ2) is 13.3.